The summed E-state index contributed by atoms with van der Waals surface area (Å²) in [5.41, 5.74) is 9.51. The zero-order chi connectivity index (χ0) is 7.84. The molecule has 0 fully saturated rings. The molecule has 0 spiro atoms. The molecule has 0 aliphatic heterocycles. The molecule has 58 valence electrons. The Hall–Kier alpha value is -0.250. The molecule has 11 heavy (non-hydrogen) atoms. The van der Waals surface area contributed by atoms with E-state index in [1.807, 2.05) is 6.07 Å². The molecule has 2 heteroatoms. The van der Waals surface area contributed by atoms with E-state index in [4.69, 9.17) is 5.73 Å². The lowest BCUT2D eigenvalue weighted by atomic mass is 10.1. The van der Waals surface area contributed by atoms with Crippen LogP contribution < -0.4 is 5.73 Å². The first-order valence-corrected chi connectivity index (χ1v) is 5.04. The third-order valence-corrected chi connectivity index (χ3v) is 3.47. The van der Waals surface area contributed by atoms with E-state index in [-0.39, 0.29) is 0 Å². The second kappa shape index (κ2) is 2.66. The van der Waals surface area contributed by atoms with Crippen LogP contribution in [0.25, 0.3) is 0 Å². The second-order valence-electron chi connectivity index (χ2n) is 2.96. The minimum Gasteiger partial charge on any atom is -0.399 e. The van der Waals surface area contributed by atoms with Crippen molar-refractivity contribution in [2.24, 2.45) is 0 Å². The van der Waals surface area contributed by atoms with Crippen molar-refractivity contribution < 1.29 is 0 Å². The zero-order valence-corrected chi connectivity index (χ0v) is 8.34. The van der Waals surface area contributed by atoms with Crippen molar-refractivity contribution in [2.75, 3.05) is 5.73 Å². The Bertz CT molecular complexity index is 283. The molecule has 1 unspecified atom stereocenters. The van der Waals surface area contributed by atoms with E-state index < -0.39 is 0 Å². The maximum Gasteiger partial charge on any atom is 0.0365 e. The van der Waals surface area contributed by atoms with Gasteiger partial charge in [0.05, 0.1) is 0 Å². The highest BCUT2D eigenvalue weighted by Crippen LogP contribution is 2.38. The molecule has 1 aliphatic carbocycles. The third kappa shape index (κ3) is 1.24. The van der Waals surface area contributed by atoms with Gasteiger partial charge in [0.1, 0.15) is 0 Å². The number of alkyl halides is 1. The molecule has 0 saturated heterocycles. The lowest BCUT2D eigenvalue weighted by Crippen LogP contribution is -1.88. The summed E-state index contributed by atoms with van der Waals surface area (Å²) in [5, 5.41) is 0. The van der Waals surface area contributed by atoms with Crippen LogP contribution in [0.2, 0.25) is 0 Å². The van der Waals surface area contributed by atoms with Gasteiger partial charge in [-0.15, -0.1) is 0 Å². The summed E-state index contributed by atoms with van der Waals surface area (Å²) >= 11 is 2.49. The Morgan fingerprint density at radius 3 is 3.09 bits per heavy atom. The monoisotopic (exact) mass is 259 g/mol. The Balaban J connectivity index is 2.50. The van der Waals surface area contributed by atoms with E-state index >= 15 is 0 Å². The number of fused-ring (bicyclic) bond motifs is 1. The maximum absolute atomic E-state index is 5.67. The number of nitrogen functional groups attached to an aromatic ring is 1. The van der Waals surface area contributed by atoms with E-state index in [1.165, 1.54) is 24.0 Å². The van der Waals surface area contributed by atoms with Gasteiger partial charge in [-0.05, 0) is 36.1 Å². The summed E-state index contributed by atoms with van der Waals surface area (Å²) in [7, 11) is 0. The molecule has 1 atom stereocenters. The van der Waals surface area contributed by atoms with Gasteiger partial charge < -0.3 is 5.73 Å². The molecule has 0 radical (unpaired) electrons. The number of hydrogen-bond donors (Lipinski definition) is 1. The van der Waals surface area contributed by atoms with Gasteiger partial charge in [0.2, 0.25) is 0 Å². The van der Waals surface area contributed by atoms with Crippen molar-refractivity contribution in [3.8, 4) is 0 Å². The van der Waals surface area contributed by atoms with Gasteiger partial charge in [0, 0.05) is 9.61 Å². The van der Waals surface area contributed by atoms with Crippen LogP contribution in [0.4, 0.5) is 5.69 Å². The largest absolute Gasteiger partial charge is 0.399 e. The van der Waals surface area contributed by atoms with Gasteiger partial charge in [-0.25, -0.2) is 0 Å². The Morgan fingerprint density at radius 2 is 2.27 bits per heavy atom. The summed E-state index contributed by atoms with van der Waals surface area (Å²) in [6.45, 7) is 0. The minimum atomic E-state index is 0.711. The minimum absolute atomic E-state index is 0.711. The van der Waals surface area contributed by atoms with Crippen LogP contribution in [-0.2, 0) is 6.42 Å². The highest BCUT2D eigenvalue weighted by atomic mass is 127. The maximum atomic E-state index is 5.67. The summed E-state index contributed by atoms with van der Waals surface area (Å²) < 4.78 is 0.711. The predicted molar refractivity (Wildman–Crippen MR) is 55.9 cm³/mol. The summed E-state index contributed by atoms with van der Waals surface area (Å²) in [5.74, 6) is 0. The Labute approximate surface area is 80.1 Å². The first kappa shape index (κ1) is 7.40. The number of anilines is 1. The van der Waals surface area contributed by atoms with E-state index in [0.717, 1.165) is 5.69 Å². The highest BCUT2D eigenvalue weighted by molar-refractivity contribution is 14.1. The predicted octanol–water partition coefficient (Wildman–Crippen LogP) is 2.69. The molecule has 1 aromatic carbocycles. The van der Waals surface area contributed by atoms with E-state index in [0.29, 0.717) is 3.92 Å². The van der Waals surface area contributed by atoms with Gasteiger partial charge in [0.25, 0.3) is 0 Å². The van der Waals surface area contributed by atoms with Crippen LogP contribution in [0.5, 0.6) is 0 Å². The molecule has 1 aliphatic rings. The van der Waals surface area contributed by atoms with Gasteiger partial charge in [-0.1, -0.05) is 28.7 Å². The van der Waals surface area contributed by atoms with Crippen molar-refractivity contribution in [3.63, 3.8) is 0 Å². The molecule has 2 N–H and O–H groups in total. The van der Waals surface area contributed by atoms with Gasteiger partial charge >= 0.3 is 0 Å². The van der Waals surface area contributed by atoms with Crippen LogP contribution in [-0.4, -0.2) is 0 Å². The van der Waals surface area contributed by atoms with Gasteiger partial charge in [-0.3, -0.25) is 0 Å². The lowest BCUT2D eigenvalue weighted by molar-refractivity contribution is 0.916. The molecule has 0 saturated carbocycles. The van der Waals surface area contributed by atoms with Gasteiger partial charge in [-0.2, -0.15) is 0 Å². The highest BCUT2D eigenvalue weighted by Gasteiger charge is 2.18. The molecule has 2 rings (SSSR count). The van der Waals surface area contributed by atoms with Crippen LogP contribution >= 0.6 is 22.6 Å². The molecule has 0 aromatic heterocycles. The fourth-order valence-corrected chi connectivity index (χ4v) is 2.50. The molecule has 0 amide bonds. The SMILES string of the molecule is Nc1ccc2c(c1)CCC2I. The van der Waals surface area contributed by atoms with E-state index in [2.05, 4.69) is 34.7 Å². The number of rotatable bonds is 0. The van der Waals surface area contributed by atoms with Gasteiger partial charge in [0.15, 0.2) is 0 Å². The number of halogens is 1. The molecule has 1 aromatic rings. The Kier molecular flexibility index (Phi) is 1.79. The number of aryl methyl sites for hydroxylation is 1. The Morgan fingerprint density at radius 1 is 1.45 bits per heavy atom. The van der Waals surface area contributed by atoms with Crippen molar-refractivity contribution in [1.29, 1.82) is 0 Å². The van der Waals surface area contributed by atoms with Crippen molar-refractivity contribution in [2.45, 2.75) is 16.8 Å². The molecule has 0 bridgehead atoms. The molecule has 1 nitrogen and oxygen atoms in total. The summed E-state index contributed by atoms with van der Waals surface area (Å²) in [6.07, 6.45) is 2.48. The van der Waals surface area contributed by atoms with Crippen molar-refractivity contribution in [1.82, 2.24) is 0 Å². The molecular weight excluding hydrogens is 249 g/mol. The average Bonchev–Trinajstić information content (AvgIpc) is 2.32. The second-order valence-corrected chi connectivity index (χ2v) is 4.47. The fraction of sp³-hybridized carbons (Fsp3) is 0.333. The number of benzene rings is 1. The van der Waals surface area contributed by atoms with Crippen LogP contribution in [0.1, 0.15) is 21.5 Å². The van der Waals surface area contributed by atoms with Crippen molar-refractivity contribution >= 4 is 28.3 Å². The van der Waals surface area contributed by atoms with E-state index in [9.17, 15) is 0 Å². The van der Waals surface area contributed by atoms with Crippen molar-refractivity contribution in [3.05, 3.63) is 29.3 Å². The van der Waals surface area contributed by atoms with E-state index in [1.54, 1.807) is 0 Å². The molecule has 0 heterocycles. The summed E-state index contributed by atoms with van der Waals surface area (Å²) in [4.78, 5) is 0. The number of nitrogens with two attached hydrogens (primary N) is 1. The first-order chi connectivity index (χ1) is 5.27. The normalized spacial score (nSPS) is 21.7. The first-order valence-electron chi connectivity index (χ1n) is 3.80. The lowest BCUT2D eigenvalue weighted by Gasteiger charge is -2.02. The zero-order valence-electron chi connectivity index (χ0n) is 6.18. The molecular formula is C9H10IN. The average molecular weight is 259 g/mol. The number of hydrogen-bond acceptors (Lipinski definition) is 1. The topological polar surface area (TPSA) is 26.0 Å². The van der Waals surface area contributed by atoms with Crippen LogP contribution in [0.3, 0.4) is 0 Å². The van der Waals surface area contributed by atoms with Crippen LogP contribution in [0.15, 0.2) is 18.2 Å². The quantitative estimate of drug-likeness (QED) is 0.432. The standard InChI is InChI=1S/C9H10IN/c10-9-4-1-6-5-7(11)2-3-8(6)9/h2-3,5,9H,1,4,11H2. The smallest absolute Gasteiger partial charge is 0.0365 e. The van der Waals surface area contributed by atoms with Crippen LogP contribution in [0, 0.1) is 0 Å². The third-order valence-electron chi connectivity index (χ3n) is 2.17. The summed E-state index contributed by atoms with van der Waals surface area (Å²) in [6, 6.07) is 6.26. The fourth-order valence-electron chi connectivity index (χ4n) is 1.59.